The molecule has 0 N–H and O–H groups in total. The Labute approximate surface area is 95.5 Å². The first-order valence-corrected chi connectivity index (χ1v) is 5.27. The summed E-state index contributed by atoms with van der Waals surface area (Å²) in [4.78, 5) is 6.59. The van der Waals surface area contributed by atoms with Crippen LogP contribution >= 0.6 is 0 Å². The Kier molecular flexibility index (Phi) is 2.90. The summed E-state index contributed by atoms with van der Waals surface area (Å²) in [6, 6.07) is 6.04. The molecule has 0 amide bonds. The van der Waals surface area contributed by atoms with Gasteiger partial charge in [0.25, 0.3) is 0 Å². The first-order valence-electron chi connectivity index (χ1n) is 5.27. The minimum atomic E-state index is 0.824. The van der Waals surface area contributed by atoms with Crippen LogP contribution in [0.15, 0.2) is 30.6 Å². The van der Waals surface area contributed by atoms with Crippen molar-refractivity contribution in [3.63, 3.8) is 0 Å². The highest BCUT2D eigenvalue weighted by molar-refractivity contribution is 5.38. The van der Waals surface area contributed by atoms with E-state index in [0.717, 1.165) is 18.1 Å². The molecule has 2 heterocycles. The molecule has 2 aromatic rings. The Bertz CT molecular complexity index is 475. The molecule has 16 heavy (non-hydrogen) atoms. The van der Waals surface area contributed by atoms with Gasteiger partial charge in [-0.05, 0) is 19.1 Å². The lowest BCUT2D eigenvalue weighted by molar-refractivity contribution is 0.766. The Morgan fingerprint density at radius 1 is 1.38 bits per heavy atom. The van der Waals surface area contributed by atoms with E-state index < -0.39 is 0 Å². The van der Waals surface area contributed by atoms with Gasteiger partial charge in [0.2, 0.25) is 0 Å². The molecule has 0 aliphatic rings. The molecule has 0 saturated heterocycles. The molecule has 2 aromatic heterocycles. The summed E-state index contributed by atoms with van der Waals surface area (Å²) >= 11 is 0. The summed E-state index contributed by atoms with van der Waals surface area (Å²) in [6.45, 7) is 2.83. The molecule has 0 spiro atoms. The van der Waals surface area contributed by atoms with Gasteiger partial charge in [-0.2, -0.15) is 5.10 Å². The van der Waals surface area contributed by atoms with Gasteiger partial charge < -0.3 is 4.90 Å². The number of hydrogen-bond acceptors (Lipinski definition) is 3. The lowest BCUT2D eigenvalue weighted by atomic mass is 10.3. The average Bonchev–Trinajstić information content (AvgIpc) is 2.64. The van der Waals surface area contributed by atoms with E-state index in [2.05, 4.69) is 15.0 Å². The van der Waals surface area contributed by atoms with E-state index in [1.165, 1.54) is 5.56 Å². The van der Waals surface area contributed by atoms with Crippen LogP contribution in [-0.4, -0.2) is 21.8 Å². The van der Waals surface area contributed by atoms with E-state index >= 15 is 0 Å². The van der Waals surface area contributed by atoms with Crippen molar-refractivity contribution in [2.75, 3.05) is 11.9 Å². The molecular weight excluding hydrogens is 200 g/mol. The van der Waals surface area contributed by atoms with Crippen molar-refractivity contribution in [1.29, 1.82) is 0 Å². The average molecular weight is 216 g/mol. The lowest BCUT2D eigenvalue weighted by Gasteiger charge is -2.17. The zero-order valence-corrected chi connectivity index (χ0v) is 9.88. The second-order valence-corrected chi connectivity index (χ2v) is 4.02. The number of rotatable bonds is 3. The number of anilines is 1. The summed E-state index contributed by atoms with van der Waals surface area (Å²) in [6.07, 6.45) is 3.90. The summed E-state index contributed by atoms with van der Waals surface area (Å²) in [5.41, 5.74) is 2.23. The van der Waals surface area contributed by atoms with Crippen LogP contribution in [0.5, 0.6) is 0 Å². The third-order valence-electron chi connectivity index (χ3n) is 2.44. The van der Waals surface area contributed by atoms with E-state index in [-0.39, 0.29) is 0 Å². The number of aromatic nitrogens is 3. The summed E-state index contributed by atoms with van der Waals surface area (Å²) < 4.78 is 1.81. The molecule has 0 aliphatic heterocycles. The van der Waals surface area contributed by atoms with Gasteiger partial charge >= 0.3 is 0 Å². The van der Waals surface area contributed by atoms with Crippen LogP contribution in [0.25, 0.3) is 0 Å². The molecule has 84 valence electrons. The van der Waals surface area contributed by atoms with Gasteiger partial charge in [-0.15, -0.1) is 0 Å². The highest BCUT2D eigenvalue weighted by Gasteiger charge is 2.04. The predicted molar refractivity (Wildman–Crippen MR) is 64.3 cm³/mol. The quantitative estimate of drug-likeness (QED) is 0.784. The molecule has 0 saturated carbocycles. The van der Waals surface area contributed by atoms with Gasteiger partial charge in [-0.25, -0.2) is 4.98 Å². The standard InChI is InChI=1S/C12H16N4/c1-10-5-4-6-12(14-10)15(2)8-11-7-13-16(3)9-11/h4-7,9H,8H2,1-3H3. The fourth-order valence-electron chi connectivity index (χ4n) is 1.65. The van der Waals surface area contributed by atoms with Crippen LogP contribution in [0.1, 0.15) is 11.3 Å². The van der Waals surface area contributed by atoms with Gasteiger partial charge in [-0.1, -0.05) is 6.07 Å². The third-order valence-corrected chi connectivity index (χ3v) is 2.44. The molecule has 0 atom stereocenters. The monoisotopic (exact) mass is 216 g/mol. The zero-order chi connectivity index (χ0) is 11.5. The maximum atomic E-state index is 4.47. The van der Waals surface area contributed by atoms with Crippen molar-refractivity contribution in [2.45, 2.75) is 13.5 Å². The van der Waals surface area contributed by atoms with Crippen LogP contribution in [-0.2, 0) is 13.6 Å². The number of hydrogen-bond donors (Lipinski definition) is 0. The molecule has 0 radical (unpaired) electrons. The van der Waals surface area contributed by atoms with Crippen LogP contribution in [0.2, 0.25) is 0 Å². The molecule has 0 fully saturated rings. The first kappa shape index (κ1) is 10.7. The van der Waals surface area contributed by atoms with Crippen molar-refractivity contribution in [3.8, 4) is 0 Å². The first-order chi connectivity index (χ1) is 7.65. The van der Waals surface area contributed by atoms with E-state index in [9.17, 15) is 0 Å². The van der Waals surface area contributed by atoms with Gasteiger partial charge in [0.1, 0.15) is 5.82 Å². The van der Waals surface area contributed by atoms with Crippen molar-refractivity contribution >= 4 is 5.82 Å². The van der Waals surface area contributed by atoms with Crippen LogP contribution in [0.3, 0.4) is 0 Å². The van der Waals surface area contributed by atoms with E-state index in [0.29, 0.717) is 0 Å². The molecule has 2 rings (SSSR count). The third kappa shape index (κ3) is 2.39. The minimum absolute atomic E-state index is 0.824. The maximum Gasteiger partial charge on any atom is 0.128 e. The molecule has 0 aromatic carbocycles. The van der Waals surface area contributed by atoms with E-state index in [1.54, 1.807) is 0 Å². The Morgan fingerprint density at radius 3 is 2.81 bits per heavy atom. The molecule has 4 heteroatoms. The Balaban J connectivity index is 2.11. The SMILES string of the molecule is Cc1cccc(N(C)Cc2cnn(C)c2)n1. The predicted octanol–water partition coefficient (Wildman–Crippen LogP) is 1.76. The van der Waals surface area contributed by atoms with Gasteiger partial charge in [-0.3, -0.25) is 4.68 Å². The second kappa shape index (κ2) is 4.35. The molecule has 0 unspecified atom stereocenters. The van der Waals surface area contributed by atoms with Gasteiger partial charge in [0.15, 0.2) is 0 Å². The minimum Gasteiger partial charge on any atom is -0.355 e. The Hall–Kier alpha value is -1.84. The maximum absolute atomic E-state index is 4.47. The topological polar surface area (TPSA) is 34.0 Å². The largest absolute Gasteiger partial charge is 0.355 e. The molecular formula is C12H16N4. The lowest BCUT2D eigenvalue weighted by Crippen LogP contribution is -2.17. The summed E-state index contributed by atoms with van der Waals surface area (Å²) in [7, 11) is 3.96. The smallest absolute Gasteiger partial charge is 0.128 e. The van der Waals surface area contributed by atoms with Gasteiger partial charge in [0, 0.05) is 38.1 Å². The number of pyridine rings is 1. The van der Waals surface area contributed by atoms with Crippen LogP contribution in [0, 0.1) is 6.92 Å². The van der Waals surface area contributed by atoms with E-state index in [4.69, 9.17) is 0 Å². The second-order valence-electron chi connectivity index (χ2n) is 4.02. The van der Waals surface area contributed by atoms with Crippen molar-refractivity contribution in [3.05, 3.63) is 41.9 Å². The van der Waals surface area contributed by atoms with Crippen LogP contribution in [0.4, 0.5) is 5.82 Å². The summed E-state index contributed by atoms with van der Waals surface area (Å²) in [5.74, 6) is 0.990. The Morgan fingerprint density at radius 2 is 2.19 bits per heavy atom. The van der Waals surface area contributed by atoms with Crippen LogP contribution < -0.4 is 4.90 Å². The number of nitrogens with zero attached hydrogens (tertiary/aromatic N) is 4. The van der Waals surface area contributed by atoms with E-state index in [1.807, 2.05) is 56.3 Å². The normalized spacial score (nSPS) is 10.4. The van der Waals surface area contributed by atoms with Crippen molar-refractivity contribution in [1.82, 2.24) is 14.8 Å². The highest BCUT2D eigenvalue weighted by atomic mass is 15.2. The molecule has 0 bridgehead atoms. The highest BCUT2D eigenvalue weighted by Crippen LogP contribution is 2.12. The fourth-order valence-corrected chi connectivity index (χ4v) is 1.65. The molecule has 0 aliphatic carbocycles. The zero-order valence-electron chi connectivity index (χ0n) is 9.88. The molecule has 4 nitrogen and oxygen atoms in total. The van der Waals surface area contributed by atoms with Crippen molar-refractivity contribution in [2.24, 2.45) is 7.05 Å². The van der Waals surface area contributed by atoms with Crippen molar-refractivity contribution < 1.29 is 0 Å². The van der Waals surface area contributed by atoms with Gasteiger partial charge in [0.05, 0.1) is 6.20 Å². The fraction of sp³-hybridized carbons (Fsp3) is 0.333. The summed E-state index contributed by atoms with van der Waals surface area (Å²) in [5, 5.41) is 4.15. The number of aryl methyl sites for hydroxylation is 2.